The fraction of sp³-hybridized carbons (Fsp3) is 0.636. The molecule has 0 saturated heterocycles. The fourth-order valence-electron chi connectivity index (χ4n) is 1.47. The van der Waals surface area contributed by atoms with Crippen LogP contribution in [0.3, 0.4) is 0 Å². The molecule has 2 aromatic rings. The first-order chi connectivity index (χ1) is 8.75. The Labute approximate surface area is 115 Å². The quantitative estimate of drug-likeness (QED) is 0.790. The molecule has 0 amide bonds. The molecule has 2 heterocycles. The number of nitrogens with zero attached hydrogens (tertiary/aromatic N) is 4. The fourth-order valence-corrected chi connectivity index (χ4v) is 2.89. The second-order valence-corrected chi connectivity index (χ2v) is 6.33. The van der Waals surface area contributed by atoms with Crippen LogP contribution in [0.1, 0.15) is 25.3 Å². The molecule has 7 heteroatoms. The van der Waals surface area contributed by atoms with E-state index in [1.54, 1.807) is 17.5 Å². The van der Waals surface area contributed by atoms with Crippen molar-refractivity contribution in [2.75, 3.05) is 13.1 Å². The monoisotopic (exact) mass is 283 g/mol. The number of hydrogen-bond donors (Lipinski definition) is 1. The average Bonchev–Trinajstić information content (AvgIpc) is 2.98. The van der Waals surface area contributed by atoms with Crippen LogP contribution < -0.4 is 5.32 Å². The van der Waals surface area contributed by atoms with E-state index in [0.717, 1.165) is 40.8 Å². The molecule has 98 valence electrons. The van der Waals surface area contributed by atoms with Crippen molar-refractivity contribution in [1.82, 2.24) is 25.1 Å². The van der Waals surface area contributed by atoms with Crippen LogP contribution >= 0.6 is 22.9 Å². The zero-order valence-corrected chi connectivity index (χ0v) is 12.2. The predicted octanol–water partition coefficient (Wildman–Crippen LogP) is 2.23. The largest absolute Gasteiger partial charge is 0.316 e. The van der Waals surface area contributed by atoms with E-state index in [1.165, 1.54) is 11.5 Å². The molecule has 0 aromatic carbocycles. The minimum absolute atomic E-state index is 0.706. The molecule has 2 rings (SSSR count). The Morgan fingerprint density at radius 3 is 2.94 bits per heavy atom. The first-order valence-corrected chi connectivity index (χ1v) is 7.65. The maximum absolute atomic E-state index is 4.20. The summed E-state index contributed by atoms with van der Waals surface area (Å²) in [5, 5.41) is 17.6. The van der Waals surface area contributed by atoms with Crippen LogP contribution in [0.15, 0.2) is 6.20 Å². The van der Waals surface area contributed by atoms with Gasteiger partial charge in [-0.15, -0.1) is 15.3 Å². The number of hydrogen-bond acceptors (Lipinski definition) is 7. The number of nitrogens with one attached hydrogen (secondary N) is 1. The summed E-state index contributed by atoms with van der Waals surface area (Å²) >= 11 is 2.99. The lowest BCUT2D eigenvalue weighted by Gasteiger charge is -2.05. The normalized spacial score (nSPS) is 11.3. The minimum atomic E-state index is 0.706. The van der Waals surface area contributed by atoms with Gasteiger partial charge in [-0.25, -0.2) is 0 Å². The summed E-state index contributed by atoms with van der Waals surface area (Å²) in [5.41, 5.74) is 0. The van der Waals surface area contributed by atoms with Crippen LogP contribution in [-0.2, 0) is 6.42 Å². The van der Waals surface area contributed by atoms with Gasteiger partial charge in [0.15, 0.2) is 5.01 Å². The Morgan fingerprint density at radius 2 is 2.22 bits per heavy atom. The molecule has 0 radical (unpaired) electrons. The van der Waals surface area contributed by atoms with Crippen molar-refractivity contribution in [3.63, 3.8) is 0 Å². The second-order valence-electron chi connectivity index (χ2n) is 4.48. The van der Waals surface area contributed by atoms with E-state index in [0.29, 0.717) is 5.92 Å². The van der Waals surface area contributed by atoms with E-state index in [2.05, 4.69) is 38.9 Å². The van der Waals surface area contributed by atoms with Gasteiger partial charge >= 0.3 is 0 Å². The Balaban J connectivity index is 1.74. The lowest BCUT2D eigenvalue weighted by Crippen LogP contribution is -2.21. The van der Waals surface area contributed by atoms with Crippen molar-refractivity contribution in [3.8, 4) is 9.88 Å². The van der Waals surface area contributed by atoms with Gasteiger partial charge in [0.2, 0.25) is 0 Å². The maximum atomic E-state index is 4.20. The molecule has 0 saturated carbocycles. The Bertz CT molecular complexity index is 452. The van der Waals surface area contributed by atoms with Gasteiger partial charge in [-0.05, 0) is 37.0 Å². The van der Waals surface area contributed by atoms with Gasteiger partial charge in [-0.1, -0.05) is 29.7 Å². The van der Waals surface area contributed by atoms with E-state index in [4.69, 9.17) is 0 Å². The van der Waals surface area contributed by atoms with Crippen LogP contribution in [0.5, 0.6) is 0 Å². The smallest absolute Gasteiger partial charge is 0.161 e. The maximum Gasteiger partial charge on any atom is 0.161 e. The number of aromatic nitrogens is 4. The van der Waals surface area contributed by atoms with Crippen LogP contribution in [0.4, 0.5) is 0 Å². The van der Waals surface area contributed by atoms with Crippen LogP contribution in [0.25, 0.3) is 9.88 Å². The second kappa shape index (κ2) is 6.86. The highest BCUT2D eigenvalue weighted by Gasteiger charge is 2.08. The molecule has 0 bridgehead atoms. The van der Waals surface area contributed by atoms with Crippen molar-refractivity contribution in [2.24, 2.45) is 5.92 Å². The molecule has 0 unspecified atom stereocenters. The predicted molar refractivity (Wildman–Crippen MR) is 74.8 cm³/mol. The Morgan fingerprint density at radius 1 is 1.33 bits per heavy atom. The highest BCUT2D eigenvalue weighted by atomic mass is 32.1. The molecular weight excluding hydrogens is 266 g/mol. The summed E-state index contributed by atoms with van der Waals surface area (Å²) in [4.78, 5) is 0.997. The van der Waals surface area contributed by atoms with E-state index in [9.17, 15) is 0 Å². The summed E-state index contributed by atoms with van der Waals surface area (Å²) in [6, 6.07) is 0. The van der Waals surface area contributed by atoms with Crippen molar-refractivity contribution in [3.05, 3.63) is 11.2 Å². The molecule has 0 aliphatic rings. The lowest BCUT2D eigenvalue weighted by atomic mass is 10.2. The molecule has 2 aromatic heterocycles. The zero-order valence-electron chi connectivity index (χ0n) is 10.6. The van der Waals surface area contributed by atoms with Crippen LogP contribution in [-0.4, -0.2) is 32.9 Å². The molecular formula is C11H17N5S2. The summed E-state index contributed by atoms with van der Waals surface area (Å²) in [6.45, 7) is 6.54. The molecule has 0 aliphatic carbocycles. The van der Waals surface area contributed by atoms with Crippen LogP contribution in [0.2, 0.25) is 0 Å². The summed E-state index contributed by atoms with van der Waals surface area (Å²) in [5.74, 6) is 0.706. The van der Waals surface area contributed by atoms with Gasteiger partial charge in [0.25, 0.3) is 0 Å². The van der Waals surface area contributed by atoms with E-state index < -0.39 is 0 Å². The SMILES string of the molecule is CC(C)CNCCCc1nnc(-c2cnns2)s1. The minimum Gasteiger partial charge on any atom is -0.316 e. The average molecular weight is 283 g/mol. The lowest BCUT2D eigenvalue weighted by molar-refractivity contribution is 0.542. The Kier molecular flexibility index (Phi) is 5.15. The summed E-state index contributed by atoms with van der Waals surface area (Å²) < 4.78 is 3.83. The third-order valence-electron chi connectivity index (χ3n) is 2.34. The van der Waals surface area contributed by atoms with E-state index in [1.807, 2.05) is 0 Å². The van der Waals surface area contributed by atoms with Gasteiger partial charge in [0.05, 0.1) is 6.20 Å². The number of rotatable bonds is 7. The van der Waals surface area contributed by atoms with Crippen molar-refractivity contribution in [1.29, 1.82) is 0 Å². The summed E-state index contributed by atoms with van der Waals surface area (Å²) in [7, 11) is 0. The molecule has 5 nitrogen and oxygen atoms in total. The first kappa shape index (κ1) is 13.5. The van der Waals surface area contributed by atoms with Gasteiger partial charge in [0.1, 0.15) is 9.88 Å². The third-order valence-corrected chi connectivity index (χ3v) is 4.15. The van der Waals surface area contributed by atoms with Gasteiger partial charge in [0, 0.05) is 6.42 Å². The van der Waals surface area contributed by atoms with E-state index >= 15 is 0 Å². The number of aryl methyl sites for hydroxylation is 1. The molecule has 0 aliphatic heterocycles. The molecule has 0 atom stereocenters. The zero-order chi connectivity index (χ0) is 12.8. The standard InChI is InChI=1S/C11H17N5S2/c1-8(2)6-12-5-3-4-10-14-15-11(17-10)9-7-13-16-18-9/h7-8,12H,3-6H2,1-2H3. The molecule has 18 heavy (non-hydrogen) atoms. The molecule has 0 fully saturated rings. The highest BCUT2D eigenvalue weighted by molar-refractivity contribution is 7.19. The third kappa shape index (κ3) is 4.08. The van der Waals surface area contributed by atoms with Gasteiger partial charge in [-0.2, -0.15) is 0 Å². The molecule has 0 spiro atoms. The first-order valence-electron chi connectivity index (χ1n) is 6.06. The van der Waals surface area contributed by atoms with E-state index in [-0.39, 0.29) is 0 Å². The van der Waals surface area contributed by atoms with Crippen LogP contribution in [0, 0.1) is 5.92 Å². The van der Waals surface area contributed by atoms with Crippen molar-refractivity contribution in [2.45, 2.75) is 26.7 Å². The topological polar surface area (TPSA) is 63.6 Å². The van der Waals surface area contributed by atoms with Crippen molar-refractivity contribution >= 4 is 22.9 Å². The summed E-state index contributed by atoms with van der Waals surface area (Å²) in [6.07, 6.45) is 3.82. The van der Waals surface area contributed by atoms with Gasteiger partial charge in [-0.3, -0.25) is 0 Å². The van der Waals surface area contributed by atoms with Crippen molar-refractivity contribution < 1.29 is 0 Å². The van der Waals surface area contributed by atoms with Gasteiger partial charge < -0.3 is 5.32 Å². The highest BCUT2D eigenvalue weighted by Crippen LogP contribution is 2.25. The Hall–Kier alpha value is -0.920. The molecule has 1 N–H and O–H groups in total.